The summed E-state index contributed by atoms with van der Waals surface area (Å²) in [6, 6.07) is 5.02. The van der Waals surface area contributed by atoms with E-state index in [0.717, 1.165) is 12.0 Å². The lowest BCUT2D eigenvalue weighted by molar-refractivity contribution is 0.0688. The molecule has 1 heterocycles. The number of carbonyl (C=O) groups is 1. The van der Waals surface area contributed by atoms with Crippen LogP contribution in [0, 0.1) is 0 Å². The van der Waals surface area contributed by atoms with Crippen LogP contribution in [0.4, 0.5) is 5.69 Å². The van der Waals surface area contributed by atoms with E-state index >= 15 is 0 Å². The number of hydrogen-bond acceptors (Lipinski definition) is 5. The lowest BCUT2D eigenvalue weighted by Crippen LogP contribution is -2.34. The van der Waals surface area contributed by atoms with E-state index < -0.39 is 10.0 Å². The van der Waals surface area contributed by atoms with E-state index in [-0.39, 0.29) is 11.9 Å². The zero-order valence-corrected chi connectivity index (χ0v) is 15.8. The zero-order chi connectivity index (χ0) is 18.4. The molecular formula is C17H26N2O5S. The smallest absolute Gasteiger partial charge is 0.251 e. The van der Waals surface area contributed by atoms with Crippen molar-refractivity contribution in [3.63, 3.8) is 0 Å². The number of nitrogens with one attached hydrogen (secondary N) is 1. The van der Waals surface area contributed by atoms with Gasteiger partial charge in [-0.15, -0.1) is 0 Å². The highest BCUT2D eigenvalue weighted by Crippen LogP contribution is 2.34. The molecule has 8 heteroatoms. The van der Waals surface area contributed by atoms with Gasteiger partial charge in [0.1, 0.15) is 0 Å². The number of amides is 1. The van der Waals surface area contributed by atoms with Gasteiger partial charge in [0.2, 0.25) is 10.0 Å². The normalized spacial score (nSPS) is 16.8. The van der Waals surface area contributed by atoms with E-state index in [1.54, 1.807) is 25.3 Å². The Bertz CT molecular complexity index is 705. The lowest BCUT2D eigenvalue weighted by atomic mass is 10.1. The summed E-state index contributed by atoms with van der Waals surface area (Å²) < 4.78 is 35.5. The first-order chi connectivity index (χ1) is 11.8. The number of rotatable bonds is 9. The summed E-state index contributed by atoms with van der Waals surface area (Å²) in [7, 11) is -1.69. The Kier molecular flexibility index (Phi) is 6.80. The molecule has 7 nitrogen and oxygen atoms in total. The van der Waals surface area contributed by atoms with Gasteiger partial charge in [0.05, 0.1) is 25.2 Å². The molecule has 1 amide bonds. The number of sulfonamides is 1. The average molecular weight is 370 g/mol. The number of hydrogen-bond donors (Lipinski definition) is 1. The van der Waals surface area contributed by atoms with Gasteiger partial charge in [0.15, 0.2) is 0 Å². The Hall–Kier alpha value is -1.64. The van der Waals surface area contributed by atoms with E-state index in [9.17, 15) is 13.2 Å². The van der Waals surface area contributed by atoms with Crippen molar-refractivity contribution in [1.29, 1.82) is 0 Å². The number of methoxy groups -OCH3 is 1. The highest BCUT2D eigenvalue weighted by atomic mass is 32.2. The van der Waals surface area contributed by atoms with Crippen LogP contribution in [0.25, 0.3) is 0 Å². The van der Waals surface area contributed by atoms with Crippen molar-refractivity contribution in [2.45, 2.75) is 25.8 Å². The second kappa shape index (κ2) is 8.64. The van der Waals surface area contributed by atoms with E-state index in [2.05, 4.69) is 5.32 Å². The molecule has 1 N–H and O–H groups in total. The first-order valence-corrected chi connectivity index (χ1v) is 10.2. The molecule has 1 unspecified atom stereocenters. The Morgan fingerprint density at radius 1 is 1.32 bits per heavy atom. The predicted octanol–water partition coefficient (Wildman–Crippen LogP) is 1.18. The van der Waals surface area contributed by atoms with E-state index in [1.165, 1.54) is 10.6 Å². The van der Waals surface area contributed by atoms with Crippen LogP contribution in [0.2, 0.25) is 0 Å². The number of benzene rings is 1. The Morgan fingerprint density at radius 2 is 2.08 bits per heavy atom. The maximum atomic E-state index is 12.2. The van der Waals surface area contributed by atoms with Crippen LogP contribution >= 0.6 is 0 Å². The van der Waals surface area contributed by atoms with Crippen LogP contribution in [0.1, 0.15) is 29.3 Å². The van der Waals surface area contributed by atoms with Gasteiger partial charge in [-0.1, -0.05) is 0 Å². The van der Waals surface area contributed by atoms with Crippen LogP contribution in [0.5, 0.6) is 0 Å². The topological polar surface area (TPSA) is 84.9 Å². The SMILES string of the molecule is COCCOCCCNC(=O)c1ccc2c(c1)CC(C)N2S(C)(=O)=O. The minimum absolute atomic E-state index is 0.132. The molecule has 0 aliphatic carbocycles. The minimum Gasteiger partial charge on any atom is -0.382 e. The molecule has 1 aromatic carbocycles. The van der Waals surface area contributed by atoms with Gasteiger partial charge in [-0.2, -0.15) is 0 Å². The summed E-state index contributed by atoms with van der Waals surface area (Å²) in [5, 5.41) is 2.85. The molecule has 0 saturated heterocycles. The fraction of sp³-hybridized carbons (Fsp3) is 0.588. The monoisotopic (exact) mass is 370 g/mol. The van der Waals surface area contributed by atoms with Crippen molar-refractivity contribution in [2.24, 2.45) is 0 Å². The van der Waals surface area contributed by atoms with Crippen molar-refractivity contribution in [2.75, 3.05) is 44.0 Å². The van der Waals surface area contributed by atoms with Crippen molar-refractivity contribution < 1.29 is 22.7 Å². The Labute approximate surface area is 149 Å². The lowest BCUT2D eigenvalue weighted by Gasteiger charge is -2.21. The maximum absolute atomic E-state index is 12.2. The summed E-state index contributed by atoms with van der Waals surface area (Å²) in [5.41, 5.74) is 2.09. The third-order valence-electron chi connectivity index (χ3n) is 4.03. The van der Waals surface area contributed by atoms with Crippen LogP contribution in [-0.4, -0.2) is 60.1 Å². The highest BCUT2D eigenvalue weighted by molar-refractivity contribution is 7.92. The third kappa shape index (κ3) is 5.17. The predicted molar refractivity (Wildman–Crippen MR) is 96.6 cm³/mol. The molecular weight excluding hydrogens is 344 g/mol. The van der Waals surface area contributed by atoms with E-state index in [0.29, 0.717) is 44.0 Å². The quantitative estimate of drug-likeness (QED) is 0.660. The molecule has 25 heavy (non-hydrogen) atoms. The van der Waals surface area contributed by atoms with Crippen LogP contribution in [-0.2, 0) is 25.9 Å². The minimum atomic E-state index is -3.32. The summed E-state index contributed by atoms with van der Waals surface area (Å²) in [6.07, 6.45) is 2.53. The first kappa shape index (κ1) is 19.7. The summed E-state index contributed by atoms with van der Waals surface area (Å²) in [5.74, 6) is -0.162. The molecule has 2 rings (SSSR count). The average Bonchev–Trinajstić information content (AvgIpc) is 2.88. The second-order valence-electron chi connectivity index (χ2n) is 6.17. The molecule has 0 saturated carbocycles. The molecule has 0 radical (unpaired) electrons. The molecule has 0 spiro atoms. The van der Waals surface area contributed by atoms with Crippen molar-refractivity contribution in [3.05, 3.63) is 29.3 Å². The summed E-state index contributed by atoms with van der Waals surface area (Å²) in [4.78, 5) is 12.2. The van der Waals surface area contributed by atoms with Gasteiger partial charge < -0.3 is 14.8 Å². The van der Waals surface area contributed by atoms with Crippen molar-refractivity contribution in [3.8, 4) is 0 Å². The number of nitrogens with zero attached hydrogens (tertiary/aromatic N) is 1. The van der Waals surface area contributed by atoms with Gasteiger partial charge in [0.25, 0.3) is 5.91 Å². The molecule has 1 aliphatic heterocycles. The van der Waals surface area contributed by atoms with Gasteiger partial charge in [-0.3, -0.25) is 9.10 Å². The van der Waals surface area contributed by atoms with Crippen molar-refractivity contribution >= 4 is 21.6 Å². The van der Waals surface area contributed by atoms with E-state index in [1.807, 2.05) is 6.92 Å². The highest BCUT2D eigenvalue weighted by Gasteiger charge is 2.32. The zero-order valence-electron chi connectivity index (χ0n) is 14.9. The molecule has 0 fully saturated rings. The fourth-order valence-corrected chi connectivity index (χ4v) is 4.24. The number of anilines is 1. The Balaban J connectivity index is 1.90. The summed E-state index contributed by atoms with van der Waals surface area (Å²) >= 11 is 0. The first-order valence-electron chi connectivity index (χ1n) is 8.32. The van der Waals surface area contributed by atoms with E-state index in [4.69, 9.17) is 9.47 Å². The summed E-state index contributed by atoms with van der Waals surface area (Å²) in [6.45, 7) is 4.06. The molecule has 1 atom stereocenters. The number of ether oxygens (including phenoxy) is 2. The van der Waals surface area contributed by atoms with Crippen molar-refractivity contribution in [1.82, 2.24) is 5.32 Å². The number of fused-ring (bicyclic) bond motifs is 1. The molecule has 0 bridgehead atoms. The second-order valence-corrected chi connectivity index (χ2v) is 8.03. The molecule has 1 aliphatic rings. The standard InChI is InChI=1S/C17H26N2O5S/c1-13-11-15-12-14(5-6-16(15)19(13)25(3,21)22)17(20)18-7-4-8-24-10-9-23-2/h5-6,12-13H,4,7-11H2,1-3H3,(H,18,20). The van der Waals surface area contributed by atoms with Crippen LogP contribution in [0.15, 0.2) is 18.2 Å². The number of carbonyl (C=O) groups excluding carboxylic acids is 1. The molecule has 140 valence electrons. The fourth-order valence-electron chi connectivity index (χ4n) is 2.97. The van der Waals surface area contributed by atoms with Gasteiger partial charge >= 0.3 is 0 Å². The van der Waals surface area contributed by atoms with Crippen LogP contribution in [0.3, 0.4) is 0 Å². The largest absolute Gasteiger partial charge is 0.382 e. The van der Waals surface area contributed by atoms with Gasteiger partial charge in [0, 0.05) is 31.9 Å². The Morgan fingerprint density at radius 3 is 2.76 bits per heavy atom. The van der Waals surface area contributed by atoms with Crippen LogP contribution < -0.4 is 9.62 Å². The van der Waals surface area contributed by atoms with Gasteiger partial charge in [-0.25, -0.2) is 8.42 Å². The van der Waals surface area contributed by atoms with Gasteiger partial charge in [-0.05, 0) is 43.5 Å². The molecule has 0 aromatic heterocycles. The molecule has 1 aromatic rings. The third-order valence-corrected chi connectivity index (χ3v) is 5.31. The maximum Gasteiger partial charge on any atom is 0.251 e.